The van der Waals surface area contributed by atoms with Crippen molar-refractivity contribution < 1.29 is 0 Å². The quantitative estimate of drug-likeness (QED) is 0.731. The minimum atomic E-state index is -0.812. The summed E-state index contributed by atoms with van der Waals surface area (Å²) in [6.45, 7) is 1.38. The molecule has 0 aromatic carbocycles. The first kappa shape index (κ1) is 8.92. The van der Waals surface area contributed by atoms with Gasteiger partial charge in [-0.2, -0.15) is 0 Å². The molecule has 0 saturated carbocycles. The van der Waals surface area contributed by atoms with Crippen LogP contribution in [-0.4, -0.2) is 47.0 Å². The molecule has 0 aliphatic carbocycles. The summed E-state index contributed by atoms with van der Waals surface area (Å²) >= 11 is -0.812. The summed E-state index contributed by atoms with van der Waals surface area (Å²) in [6.07, 6.45) is 3.16. The maximum atomic E-state index is 2.34. The first-order chi connectivity index (χ1) is 4.79. The summed E-state index contributed by atoms with van der Waals surface area (Å²) in [5, 5.41) is 0. The van der Waals surface area contributed by atoms with Crippen molar-refractivity contribution in [1.82, 2.24) is 4.90 Å². The van der Waals surface area contributed by atoms with E-state index in [2.05, 4.69) is 19.0 Å². The van der Waals surface area contributed by atoms with E-state index in [0.717, 1.165) is 0 Å². The molecule has 1 aliphatic rings. The minimum absolute atomic E-state index is 0.812. The molecule has 0 unspecified atom stereocenters. The van der Waals surface area contributed by atoms with Crippen LogP contribution in [0.5, 0.6) is 0 Å². The average molecular weight is 243 g/mol. The van der Waals surface area contributed by atoms with E-state index in [1.54, 1.807) is 25.4 Å². The van der Waals surface area contributed by atoms with Crippen molar-refractivity contribution in [3.8, 4) is 0 Å². The molecular formula is C8H18InN. The van der Waals surface area contributed by atoms with Gasteiger partial charge in [0.05, 0.1) is 0 Å². The van der Waals surface area contributed by atoms with Crippen LogP contribution in [0.25, 0.3) is 0 Å². The number of rotatable bonds is 3. The fourth-order valence-electron chi connectivity index (χ4n) is 1.74. The summed E-state index contributed by atoms with van der Waals surface area (Å²) in [4.78, 5) is 2.34. The molecule has 0 radical (unpaired) electrons. The molecule has 0 spiro atoms. The standard InChI is InChI=1S/C4H10N.C4H8.In/c1-4-5(2)3;1-3-4-2;/h1,4H2,2-3H3;1-4H2;. The first-order valence-corrected chi connectivity index (χ1v) is 11.4. The maximum absolute atomic E-state index is 2.34. The van der Waals surface area contributed by atoms with Gasteiger partial charge < -0.3 is 0 Å². The van der Waals surface area contributed by atoms with Crippen molar-refractivity contribution in [2.45, 2.75) is 25.4 Å². The van der Waals surface area contributed by atoms with Gasteiger partial charge in [0.25, 0.3) is 0 Å². The second-order valence-electron chi connectivity index (χ2n) is 3.74. The van der Waals surface area contributed by atoms with Gasteiger partial charge in [0.1, 0.15) is 0 Å². The van der Waals surface area contributed by atoms with Gasteiger partial charge in [-0.25, -0.2) is 0 Å². The topological polar surface area (TPSA) is 3.24 Å². The molecule has 10 heavy (non-hydrogen) atoms. The Morgan fingerprint density at radius 1 is 1.20 bits per heavy atom. The zero-order chi connectivity index (χ0) is 7.40. The van der Waals surface area contributed by atoms with E-state index in [4.69, 9.17) is 0 Å². The molecule has 0 N–H and O–H groups in total. The van der Waals surface area contributed by atoms with Crippen LogP contribution >= 0.6 is 0 Å². The van der Waals surface area contributed by atoms with Crippen molar-refractivity contribution >= 4 is 21.4 Å². The van der Waals surface area contributed by atoms with Crippen LogP contribution in [-0.2, 0) is 0 Å². The van der Waals surface area contributed by atoms with Crippen molar-refractivity contribution in [2.24, 2.45) is 0 Å². The van der Waals surface area contributed by atoms with Gasteiger partial charge in [-0.3, -0.25) is 0 Å². The van der Waals surface area contributed by atoms with Crippen LogP contribution in [0.15, 0.2) is 0 Å². The van der Waals surface area contributed by atoms with Gasteiger partial charge in [0, 0.05) is 0 Å². The van der Waals surface area contributed by atoms with E-state index in [1.165, 1.54) is 6.54 Å². The van der Waals surface area contributed by atoms with Crippen molar-refractivity contribution in [1.29, 1.82) is 0 Å². The van der Waals surface area contributed by atoms with Crippen LogP contribution in [0.4, 0.5) is 0 Å². The van der Waals surface area contributed by atoms with Crippen molar-refractivity contribution in [2.75, 3.05) is 20.6 Å². The van der Waals surface area contributed by atoms with E-state index < -0.39 is 21.4 Å². The van der Waals surface area contributed by atoms with Crippen LogP contribution in [0.1, 0.15) is 12.8 Å². The average Bonchev–Trinajstić information content (AvgIpc) is 2.34. The molecule has 0 atom stereocenters. The molecule has 0 bridgehead atoms. The van der Waals surface area contributed by atoms with Gasteiger partial charge in [0.2, 0.25) is 0 Å². The van der Waals surface area contributed by atoms with E-state index >= 15 is 0 Å². The first-order valence-electron chi connectivity index (χ1n) is 4.44. The Balaban J connectivity index is 2.01. The SMILES string of the molecule is CN(C)C[CH2][In]1[CH2]CC[CH2]1. The summed E-state index contributed by atoms with van der Waals surface area (Å²) in [6, 6.07) is 0. The molecule has 1 nitrogen and oxygen atoms in total. The fourth-order valence-corrected chi connectivity index (χ4v) is 11.7. The van der Waals surface area contributed by atoms with Gasteiger partial charge in [-0.05, 0) is 0 Å². The molecule has 2 heteroatoms. The number of hydrogen-bond donors (Lipinski definition) is 0. The molecule has 1 rings (SSSR count). The summed E-state index contributed by atoms with van der Waals surface area (Å²) < 4.78 is 5.04. The summed E-state index contributed by atoms with van der Waals surface area (Å²) in [5.41, 5.74) is 0. The van der Waals surface area contributed by atoms with Gasteiger partial charge >= 0.3 is 72.4 Å². The van der Waals surface area contributed by atoms with Gasteiger partial charge in [-0.1, -0.05) is 0 Å². The van der Waals surface area contributed by atoms with E-state index in [9.17, 15) is 0 Å². The van der Waals surface area contributed by atoms with Crippen molar-refractivity contribution in [3.05, 3.63) is 0 Å². The third-order valence-corrected chi connectivity index (χ3v) is 12.5. The van der Waals surface area contributed by atoms with Crippen LogP contribution < -0.4 is 0 Å². The molecule has 58 valence electrons. The summed E-state index contributed by atoms with van der Waals surface area (Å²) in [7, 11) is 4.39. The third-order valence-electron chi connectivity index (χ3n) is 2.46. The van der Waals surface area contributed by atoms with Crippen LogP contribution in [0.2, 0.25) is 12.5 Å². The molecule has 1 heterocycles. The Kier molecular flexibility index (Phi) is 4.15. The predicted octanol–water partition coefficient (Wildman–Crippen LogP) is 1.84. The fraction of sp³-hybridized carbons (Fsp3) is 1.00. The third kappa shape index (κ3) is 3.29. The molecule has 1 aliphatic heterocycles. The van der Waals surface area contributed by atoms with Crippen LogP contribution in [0, 0.1) is 0 Å². The molecular weight excluding hydrogens is 225 g/mol. The zero-order valence-electron chi connectivity index (χ0n) is 7.27. The summed E-state index contributed by atoms with van der Waals surface area (Å²) in [5.74, 6) is 0. The van der Waals surface area contributed by atoms with E-state index in [-0.39, 0.29) is 0 Å². The molecule has 1 saturated heterocycles. The molecule has 1 fully saturated rings. The second kappa shape index (κ2) is 4.66. The van der Waals surface area contributed by atoms with Gasteiger partial charge in [0.15, 0.2) is 0 Å². The Morgan fingerprint density at radius 2 is 1.80 bits per heavy atom. The van der Waals surface area contributed by atoms with Gasteiger partial charge in [-0.15, -0.1) is 0 Å². The number of hydrogen-bond acceptors (Lipinski definition) is 1. The zero-order valence-corrected chi connectivity index (χ0v) is 10.6. The Labute approximate surface area is 72.3 Å². The predicted molar refractivity (Wildman–Crippen MR) is 48.0 cm³/mol. The van der Waals surface area contributed by atoms with E-state index in [1.807, 2.05) is 0 Å². The molecule has 0 aromatic rings. The molecule has 0 aromatic heterocycles. The van der Waals surface area contributed by atoms with Crippen molar-refractivity contribution in [3.63, 3.8) is 0 Å². The van der Waals surface area contributed by atoms with Crippen LogP contribution in [0.3, 0.4) is 0 Å². The Bertz CT molecular complexity index is 87.3. The Hall–Kier alpha value is 0.830. The van der Waals surface area contributed by atoms with E-state index in [0.29, 0.717) is 0 Å². The molecule has 0 amide bonds. The monoisotopic (exact) mass is 243 g/mol. The Morgan fingerprint density at radius 3 is 2.30 bits per heavy atom. The normalized spacial score (nSPS) is 18.9. The number of nitrogens with zero attached hydrogens (tertiary/aromatic N) is 1. The second-order valence-corrected chi connectivity index (χ2v) is 13.6.